The molecular formula is C19H20F2N6O2. The van der Waals surface area contributed by atoms with Crippen LogP contribution in [-0.4, -0.2) is 38.2 Å². The predicted molar refractivity (Wildman–Crippen MR) is 103 cm³/mol. The first-order valence-electron chi connectivity index (χ1n) is 9.36. The van der Waals surface area contributed by atoms with Crippen molar-refractivity contribution >= 4 is 23.1 Å². The Balaban J connectivity index is 1.59. The van der Waals surface area contributed by atoms with Crippen molar-refractivity contribution in [3.05, 3.63) is 52.7 Å². The number of nitrogens with zero attached hydrogens (tertiary/aromatic N) is 5. The first-order chi connectivity index (χ1) is 13.9. The second-order valence-corrected chi connectivity index (χ2v) is 7.25. The molecule has 2 aromatic heterocycles. The standard InChI is InChI=1S/C19H20F2N6O2/c1-12-3-2-7-25(10-12)17-18-24-27(19(29)26(18)8-6-22-17)11-16(28)23-15-5-4-13(20)9-14(15)21/h4-6,8-9,12H,2-3,7,10-11H2,1H3,(H,23,28)/t12-/m1/s1. The van der Waals surface area contributed by atoms with E-state index in [2.05, 4.69) is 27.2 Å². The van der Waals surface area contributed by atoms with Gasteiger partial charge in [-0.2, -0.15) is 0 Å². The van der Waals surface area contributed by atoms with Gasteiger partial charge < -0.3 is 10.2 Å². The molecule has 29 heavy (non-hydrogen) atoms. The van der Waals surface area contributed by atoms with Crippen molar-refractivity contribution in [3.63, 3.8) is 0 Å². The molecule has 8 nitrogen and oxygen atoms in total. The highest BCUT2D eigenvalue weighted by Crippen LogP contribution is 2.23. The lowest BCUT2D eigenvalue weighted by Crippen LogP contribution is -2.35. The molecular weight excluding hydrogens is 382 g/mol. The summed E-state index contributed by atoms with van der Waals surface area (Å²) in [5, 5.41) is 6.60. The van der Waals surface area contributed by atoms with Gasteiger partial charge in [0.1, 0.15) is 18.2 Å². The van der Waals surface area contributed by atoms with Crippen LogP contribution in [0.1, 0.15) is 19.8 Å². The number of piperidine rings is 1. The highest BCUT2D eigenvalue weighted by atomic mass is 19.1. The van der Waals surface area contributed by atoms with E-state index in [1.54, 1.807) is 0 Å². The summed E-state index contributed by atoms with van der Waals surface area (Å²) in [6.45, 7) is 3.39. The highest BCUT2D eigenvalue weighted by Gasteiger charge is 2.22. The Morgan fingerprint density at radius 2 is 2.17 bits per heavy atom. The molecule has 0 spiro atoms. The molecule has 1 saturated heterocycles. The minimum absolute atomic E-state index is 0.169. The van der Waals surface area contributed by atoms with Crippen molar-refractivity contribution in [2.24, 2.45) is 5.92 Å². The van der Waals surface area contributed by atoms with Crippen LogP contribution in [0.15, 0.2) is 35.4 Å². The average molecular weight is 402 g/mol. The van der Waals surface area contributed by atoms with E-state index in [1.807, 2.05) is 0 Å². The smallest absolute Gasteiger partial charge is 0.350 e. The van der Waals surface area contributed by atoms with Gasteiger partial charge in [-0.25, -0.2) is 27.6 Å². The summed E-state index contributed by atoms with van der Waals surface area (Å²) in [5.74, 6) is -1.19. The van der Waals surface area contributed by atoms with E-state index in [-0.39, 0.29) is 5.69 Å². The lowest BCUT2D eigenvalue weighted by Gasteiger charge is -2.31. The minimum atomic E-state index is -0.897. The van der Waals surface area contributed by atoms with Crippen molar-refractivity contribution in [2.45, 2.75) is 26.3 Å². The second kappa shape index (κ2) is 7.61. The predicted octanol–water partition coefficient (Wildman–Crippen LogP) is 2.04. The summed E-state index contributed by atoms with van der Waals surface area (Å²) in [6, 6.07) is 2.83. The monoisotopic (exact) mass is 402 g/mol. The first kappa shape index (κ1) is 19.0. The van der Waals surface area contributed by atoms with Crippen LogP contribution in [0, 0.1) is 17.6 Å². The topological polar surface area (TPSA) is 84.5 Å². The Kier molecular flexibility index (Phi) is 4.99. The zero-order valence-electron chi connectivity index (χ0n) is 15.8. The Morgan fingerprint density at radius 3 is 2.93 bits per heavy atom. The molecule has 1 aliphatic heterocycles. The Morgan fingerprint density at radius 1 is 1.34 bits per heavy atom. The molecule has 0 unspecified atom stereocenters. The second-order valence-electron chi connectivity index (χ2n) is 7.25. The van der Waals surface area contributed by atoms with Crippen molar-refractivity contribution in [1.29, 1.82) is 0 Å². The molecule has 1 atom stereocenters. The Hall–Kier alpha value is -3.30. The van der Waals surface area contributed by atoms with Crippen LogP contribution in [0.3, 0.4) is 0 Å². The quantitative estimate of drug-likeness (QED) is 0.722. The maximum absolute atomic E-state index is 13.7. The maximum Gasteiger partial charge on any atom is 0.350 e. The first-order valence-corrected chi connectivity index (χ1v) is 9.36. The summed E-state index contributed by atoms with van der Waals surface area (Å²) in [5.41, 5.74) is -0.298. The number of anilines is 2. The van der Waals surface area contributed by atoms with Gasteiger partial charge in [0.25, 0.3) is 0 Å². The van der Waals surface area contributed by atoms with Gasteiger partial charge in [0.05, 0.1) is 5.69 Å². The summed E-state index contributed by atoms with van der Waals surface area (Å²) < 4.78 is 29.1. The van der Waals surface area contributed by atoms with Gasteiger partial charge in [-0.1, -0.05) is 6.92 Å². The molecule has 1 fully saturated rings. The largest absolute Gasteiger partial charge is 0.353 e. The van der Waals surface area contributed by atoms with Gasteiger partial charge >= 0.3 is 5.69 Å². The normalized spacial score (nSPS) is 16.9. The highest BCUT2D eigenvalue weighted by molar-refractivity contribution is 5.90. The molecule has 0 radical (unpaired) electrons. The zero-order valence-corrected chi connectivity index (χ0v) is 15.8. The SMILES string of the molecule is C[C@@H]1CCCN(c2nccn3c(=O)n(CC(=O)Nc4ccc(F)cc4F)nc23)C1. The molecule has 1 amide bonds. The average Bonchev–Trinajstić information content (AvgIpc) is 3.00. The van der Waals surface area contributed by atoms with Gasteiger partial charge in [0.15, 0.2) is 5.82 Å². The van der Waals surface area contributed by atoms with E-state index >= 15 is 0 Å². The van der Waals surface area contributed by atoms with Crippen LogP contribution in [0.4, 0.5) is 20.3 Å². The van der Waals surface area contributed by atoms with E-state index in [0.717, 1.165) is 42.7 Å². The van der Waals surface area contributed by atoms with Crippen LogP contribution < -0.4 is 15.9 Å². The fourth-order valence-corrected chi connectivity index (χ4v) is 3.56. The fourth-order valence-electron chi connectivity index (χ4n) is 3.56. The number of benzene rings is 1. The maximum atomic E-state index is 13.7. The van der Waals surface area contributed by atoms with Crippen LogP contribution in [0.5, 0.6) is 0 Å². The number of carbonyl (C=O) groups excluding carboxylic acids is 1. The summed E-state index contributed by atoms with van der Waals surface area (Å²) in [4.78, 5) is 31.4. The fraction of sp³-hybridized carbons (Fsp3) is 0.368. The third-order valence-electron chi connectivity index (χ3n) is 4.94. The number of hydrogen-bond acceptors (Lipinski definition) is 5. The molecule has 1 aromatic carbocycles. The van der Waals surface area contributed by atoms with E-state index in [0.29, 0.717) is 23.4 Å². The van der Waals surface area contributed by atoms with Crippen molar-refractivity contribution in [2.75, 3.05) is 23.3 Å². The number of carbonyl (C=O) groups is 1. The van der Waals surface area contributed by atoms with Crippen molar-refractivity contribution in [1.82, 2.24) is 19.2 Å². The molecule has 3 aromatic rings. The van der Waals surface area contributed by atoms with Crippen LogP contribution in [-0.2, 0) is 11.3 Å². The molecule has 152 valence electrons. The van der Waals surface area contributed by atoms with E-state index in [9.17, 15) is 18.4 Å². The number of halogens is 2. The number of rotatable bonds is 4. The molecule has 0 bridgehead atoms. The molecule has 0 aliphatic carbocycles. The number of nitrogens with one attached hydrogen (secondary N) is 1. The summed E-state index contributed by atoms with van der Waals surface area (Å²) in [7, 11) is 0. The molecule has 1 N–H and O–H groups in total. The van der Waals surface area contributed by atoms with E-state index in [4.69, 9.17) is 0 Å². The Bertz CT molecular complexity index is 1130. The molecule has 4 rings (SSSR count). The minimum Gasteiger partial charge on any atom is -0.353 e. The van der Waals surface area contributed by atoms with Gasteiger partial charge in [-0.3, -0.25) is 4.79 Å². The number of aromatic nitrogens is 4. The van der Waals surface area contributed by atoms with Crippen LogP contribution in [0.25, 0.3) is 5.65 Å². The third-order valence-corrected chi connectivity index (χ3v) is 4.94. The molecule has 1 aliphatic rings. The van der Waals surface area contributed by atoms with Crippen molar-refractivity contribution in [3.8, 4) is 0 Å². The van der Waals surface area contributed by atoms with E-state index < -0.39 is 29.8 Å². The van der Waals surface area contributed by atoms with Crippen LogP contribution >= 0.6 is 0 Å². The van der Waals surface area contributed by atoms with Gasteiger partial charge in [0.2, 0.25) is 11.6 Å². The van der Waals surface area contributed by atoms with Gasteiger partial charge in [-0.15, -0.1) is 5.10 Å². The van der Waals surface area contributed by atoms with Crippen LogP contribution in [0.2, 0.25) is 0 Å². The lowest BCUT2D eigenvalue weighted by molar-refractivity contribution is -0.117. The van der Waals surface area contributed by atoms with E-state index in [1.165, 1.54) is 16.8 Å². The van der Waals surface area contributed by atoms with Gasteiger partial charge in [-0.05, 0) is 30.9 Å². The molecule has 3 heterocycles. The van der Waals surface area contributed by atoms with Gasteiger partial charge in [0, 0.05) is 31.5 Å². The zero-order chi connectivity index (χ0) is 20.5. The number of amides is 1. The Labute approximate surface area is 164 Å². The van der Waals surface area contributed by atoms with Crippen molar-refractivity contribution < 1.29 is 13.6 Å². The summed E-state index contributed by atoms with van der Waals surface area (Å²) >= 11 is 0. The number of hydrogen-bond donors (Lipinski definition) is 1. The molecule has 10 heteroatoms. The third kappa shape index (κ3) is 3.82. The number of fused-ring (bicyclic) bond motifs is 1. The lowest BCUT2D eigenvalue weighted by atomic mass is 10.0. The molecule has 0 saturated carbocycles. The summed E-state index contributed by atoms with van der Waals surface area (Å²) in [6.07, 6.45) is 5.19.